The minimum absolute atomic E-state index is 0.0327. The first-order valence-electron chi connectivity index (χ1n) is 20.0. The molecule has 52 heavy (non-hydrogen) atoms. The maximum Gasteiger partial charge on any atom is 0.309 e. The van der Waals surface area contributed by atoms with Crippen LogP contribution in [-0.4, -0.2) is 46.7 Å². The Labute approximate surface area is 310 Å². The second-order valence-electron chi connectivity index (χ2n) is 19.8. The van der Waals surface area contributed by atoms with Gasteiger partial charge in [-0.1, -0.05) is 66.2 Å². The molecule has 0 bridgehead atoms. The van der Waals surface area contributed by atoms with Crippen LogP contribution in [0.1, 0.15) is 132 Å². The van der Waals surface area contributed by atoms with Gasteiger partial charge in [0.25, 0.3) is 0 Å². The van der Waals surface area contributed by atoms with Crippen molar-refractivity contribution in [1.82, 2.24) is 5.32 Å². The van der Waals surface area contributed by atoms with Crippen LogP contribution in [0.4, 0.5) is 4.39 Å². The minimum Gasteiger partial charge on any atom is -0.481 e. The van der Waals surface area contributed by atoms with Crippen LogP contribution in [0.5, 0.6) is 0 Å². The summed E-state index contributed by atoms with van der Waals surface area (Å²) in [6.45, 7) is 20.4. The molecule has 7 nitrogen and oxygen atoms in total. The largest absolute Gasteiger partial charge is 0.481 e. The smallest absolute Gasteiger partial charge is 0.309 e. The maximum absolute atomic E-state index is 14.0. The van der Waals surface area contributed by atoms with E-state index in [1.165, 1.54) is 17.7 Å². The number of carboxylic acid groups (broad SMARTS) is 1. The standard InChI is InChI=1S/C44H64FNO6/c1-26(2)36-30(47)22-44(33(48)25-46-24-27-10-12-28(45)13-11-27)21-20-42(8)29(37(36)44)14-15-32-41(7)18-17-34(52-35(49)23-39(3,4)38(50)51)40(5,6)31(41)16-19-43(32,42)9/h10-13,26,29,31-34,46,48H,14-25H2,1-9H3,(H,50,51)/t29-,31?,32-,33+,34+,41+,42-,43-,44+/m1/s1. The van der Waals surface area contributed by atoms with E-state index in [-0.39, 0.29) is 57.6 Å². The third kappa shape index (κ3) is 6.01. The van der Waals surface area contributed by atoms with Crippen molar-refractivity contribution in [3.05, 3.63) is 46.8 Å². The van der Waals surface area contributed by atoms with Crippen LogP contribution < -0.4 is 5.32 Å². The molecule has 5 aliphatic carbocycles. The van der Waals surface area contributed by atoms with Gasteiger partial charge in [0.2, 0.25) is 0 Å². The molecule has 3 N–H and O–H groups in total. The Morgan fingerprint density at radius 1 is 0.942 bits per heavy atom. The van der Waals surface area contributed by atoms with Gasteiger partial charge in [-0.05, 0) is 128 Å². The quantitative estimate of drug-likeness (QED) is 0.207. The van der Waals surface area contributed by atoms with E-state index in [1.807, 2.05) is 0 Å². The molecule has 5 aliphatic rings. The van der Waals surface area contributed by atoms with E-state index in [1.54, 1.807) is 26.0 Å². The van der Waals surface area contributed by atoms with Crippen molar-refractivity contribution in [3.63, 3.8) is 0 Å². The van der Waals surface area contributed by atoms with Crippen molar-refractivity contribution in [2.45, 2.75) is 145 Å². The Morgan fingerprint density at radius 2 is 1.62 bits per heavy atom. The van der Waals surface area contributed by atoms with Gasteiger partial charge in [-0.25, -0.2) is 4.39 Å². The van der Waals surface area contributed by atoms with Crippen molar-refractivity contribution in [2.24, 2.45) is 56.2 Å². The SMILES string of the molecule is CC(C)C1=C2[C@H]3CC[C@@H]4[C@@]5(C)CC[C@H](OC(=O)CC(C)(C)C(=O)O)C(C)(C)C5CC[C@@]4(C)[C@]3(C)CC[C@@]2([C@@H](O)CNCc2ccc(F)cc2)CC1=O. The topological polar surface area (TPSA) is 113 Å². The highest BCUT2D eigenvalue weighted by Crippen LogP contribution is 2.77. The first kappa shape index (κ1) is 39.1. The number of hydrogen-bond acceptors (Lipinski definition) is 6. The number of aliphatic carboxylic acids is 1. The summed E-state index contributed by atoms with van der Waals surface area (Å²) in [7, 11) is 0. The number of allylic oxidation sites excluding steroid dienone is 1. The zero-order chi connectivity index (χ0) is 38.2. The van der Waals surface area contributed by atoms with E-state index in [9.17, 15) is 29.0 Å². The highest BCUT2D eigenvalue weighted by Gasteiger charge is 2.70. The Hall–Kier alpha value is -2.58. The Morgan fingerprint density at radius 3 is 2.25 bits per heavy atom. The number of carbonyl (C=O) groups is 3. The molecule has 4 fully saturated rings. The lowest BCUT2D eigenvalue weighted by molar-refractivity contribution is -0.235. The molecule has 1 unspecified atom stereocenters. The van der Waals surface area contributed by atoms with E-state index >= 15 is 0 Å². The second kappa shape index (κ2) is 13.3. The van der Waals surface area contributed by atoms with Gasteiger partial charge in [-0.2, -0.15) is 0 Å². The van der Waals surface area contributed by atoms with Crippen LogP contribution in [0.3, 0.4) is 0 Å². The van der Waals surface area contributed by atoms with Crippen LogP contribution in [0.2, 0.25) is 0 Å². The monoisotopic (exact) mass is 721 g/mol. The molecular formula is C44H64FNO6. The van der Waals surface area contributed by atoms with Gasteiger partial charge in [0.1, 0.15) is 11.9 Å². The number of benzene rings is 1. The fourth-order valence-corrected chi connectivity index (χ4v) is 13.1. The van der Waals surface area contributed by atoms with E-state index in [4.69, 9.17) is 4.74 Å². The van der Waals surface area contributed by atoms with E-state index in [0.717, 1.165) is 62.5 Å². The zero-order valence-electron chi connectivity index (χ0n) is 33.2. The first-order valence-corrected chi connectivity index (χ1v) is 20.0. The zero-order valence-corrected chi connectivity index (χ0v) is 33.2. The minimum atomic E-state index is -1.17. The highest BCUT2D eigenvalue weighted by atomic mass is 19.1. The summed E-state index contributed by atoms with van der Waals surface area (Å²) in [6, 6.07) is 6.44. The van der Waals surface area contributed by atoms with Crippen LogP contribution in [-0.2, 0) is 25.7 Å². The van der Waals surface area contributed by atoms with Gasteiger partial charge >= 0.3 is 11.9 Å². The normalized spacial score (nSPS) is 37.5. The average molecular weight is 722 g/mol. The maximum atomic E-state index is 14.0. The van der Waals surface area contributed by atoms with E-state index in [0.29, 0.717) is 31.3 Å². The number of esters is 1. The summed E-state index contributed by atoms with van der Waals surface area (Å²) in [5.74, 6) is -0.356. The van der Waals surface area contributed by atoms with Crippen molar-refractivity contribution in [3.8, 4) is 0 Å². The number of rotatable bonds is 10. The molecule has 0 aliphatic heterocycles. The molecule has 0 aromatic heterocycles. The number of ketones is 1. The van der Waals surface area contributed by atoms with Gasteiger partial charge in [-0.3, -0.25) is 14.4 Å². The fraction of sp³-hybridized carbons (Fsp3) is 0.750. The number of aliphatic hydroxyl groups is 1. The molecule has 1 aromatic rings. The Bertz CT molecular complexity index is 1610. The lowest BCUT2D eigenvalue weighted by Crippen LogP contribution is -2.66. The predicted octanol–water partition coefficient (Wildman–Crippen LogP) is 8.67. The summed E-state index contributed by atoms with van der Waals surface area (Å²) in [5.41, 5.74) is 1.22. The number of hydrogen-bond donors (Lipinski definition) is 3. The van der Waals surface area contributed by atoms with Crippen molar-refractivity contribution in [2.75, 3.05) is 6.54 Å². The van der Waals surface area contributed by atoms with Gasteiger partial charge < -0.3 is 20.3 Å². The number of halogens is 1. The fourth-order valence-electron chi connectivity index (χ4n) is 13.1. The van der Waals surface area contributed by atoms with E-state index < -0.39 is 28.9 Å². The molecule has 1 aromatic carbocycles. The molecule has 6 rings (SSSR count). The molecule has 288 valence electrons. The summed E-state index contributed by atoms with van der Waals surface area (Å²) in [5, 5.41) is 25.1. The number of nitrogens with one attached hydrogen (secondary N) is 1. The summed E-state index contributed by atoms with van der Waals surface area (Å²) in [6.07, 6.45) is 6.91. The summed E-state index contributed by atoms with van der Waals surface area (Å²) < 4.78 is 19.6. The summed E-state index contributed by atoms with van der Waals surface area (Å²) in [4.78, 5) is 38.8. The third-order valence-corrected chi connectivity index (χ3v) is 16.1. The van der Waals surface area contributed by atoms with Gasteiger partial charge in [0, 0.05) is 30.3 Å². The molecule has 0 radical (unpaired) electrons. The van der Waals surface area contributed by atoms with Crippen molar-refractivity contribution in [1.29, 1.82) is 0 Å². The molecule has 8 heteroatoms. The van der Waals surface area contributed by atoms with Crippen molar-refractivity contribution < 1.29 is 33.7 Å². The number of aliphatic hydroxyl groups excluding tert-OH is 1. The van der Waals surface area contributed by atoms with Crippen LogP contribution in [0.25, 0.3) is 0 Å². The predicted molar refractivity (Wildman–Crippen MR) is 199 cm³/mol. The molecular weight excluding hydrogens is 657 g/mol. The number of Topliss-reactive ketones (excluding diaryl/α,β-unsaturated/α-hetero) is 1. The Balaban J connectivity index is 1.26. The molecule has 0 spiro atoms. The number of carbonyl (C=O) groups excluding carboxylic acids is 2. The highest BCUT2D eigenvalue weighted by molar-refractivity contribution is 6.00. The van der Waals surface area contributed by atoms with Crippen LogP contribution in [0.15, 0.2) is 35.4 Å². The Kier molecular flexibility index (Phi) is 10.0. The molecule has 0 amide bonds. The number of carboxylic acids is 1. The number of ether oxygens (including phenoxy) is 1. The molecule has 0 heterocycles. The van der Waals surface area contributed by atoms with Gasteiger partial charge in [0.05, 0.1) is 17.9 Å². The average Bonchev–Trinajstić information content (AvgIpc) is 3.36. The van der Waals surface area contributed by atoms with E-state index in [2.05, 4.69) is 53.8 Å². The van der Waals surface area contributed by atoms with Crippen molar-refractivity contribution >= 4 is 17.7 Å². The second-order valence-corrected chi connectivity index (χ2v) is 19.8. The molecule has 9 atom stereocenters. The first-order chi connectivity index (χ1) is 24.1. The van der Waals surface area contributed by atoms with Gasteiger partial charge in [-0.15, -0.1) is 0 Å². The molecule has 4 saturated carbocycles. The lowest BCUT2D eigenvalue weighted by atomic mass is 9.33. The van der Waals surface area contributed by atoms with Gasteiger partial charge in [0.15, 0.2) is 5.78 Å². The third-order valence-electron chi connectivity index (χ3n) is 16.1. The van der Waals surface area contributed by atoms with Crippen LogP contribution in [0, 0.1) is 62.0 Å². The summed E-state index contributed by atoms with van der Waals surface area (Å²) >= 11 is 0. The molecule has 0 saturated heterocycles. The number of fused-ring (bicyclic) bond motifs is 7. The lowest BCUT2D eigenvalue weighted by Gasteiger charge is -2.72. The van der Waals surface area contributed by atoms with Crippen LogP contribution >= 0.6 is 0 Å².